The summed E-state index contributed by atoms with van der Waals surface area (Å²) in [6.45, 7) is 8.66. The first kappa shape index (κ1) is 33.4. The van der Waals surface area contributed by atoms with Crippen molar-refractivity contribution in [1.29, 1.82) is 5.26 Å². The van der Waals surface area contributed by atoms with Gasteiger partial charge in [0.05, 0.1) is 45.1 Å². The minimum atomic E-state index is 0.602. The van der Waals surface area contributed by atoms with Crippen LogP contribution in [0.2, 0.25) is 0 Å². The molecule has 10 aromatic rings. The number of para-hydroxylation sites is 2. The van der Waals surface area contributed by atoms with Gasteiger partial charge in [0.2, 0.25) is 0 Å². The van der Waals surface area contributed by atoms with Gasteiger partial charge in [-0.25, -0.2) is 0 Å². The average molecular weight is 719 g/mol. The van der Waals surface area contributed by atoms with E-state index in [2.05, 4.69) is 181 Å². The summed E-state index contributed by atoms with van der Waals surface area (Å²) in [7, 11) is 0. The van der Waals surface area contributed by atoms with Gasteiger partial charge in [-0.15, -0.1) is 0 Å². The molecule has 10 rings (SSSR count). The van der Waals surface area contributed by atoms with E-state index in [0.29, 0.717) is 5.56 Å². The zero-order valence-electron chi connectivity index (χ0n) is 31.8. The van der Waals surface area contributed by atoms with Gasteiger partial charge in [-0.05, 0) is 127 Å². The van der Waals surface area contributed by atoms with Crippen LogP contribution in [0.15, 0.2) is 158 Å². The maximum Gasteiger partial charge on any atom is 0.0998 e. The van der Waals surface area contributed by atoms with Gasteiger partial charge in [-0.2, -0.15) is 5.26 Å². The molecule has 56 heavy (non-hydrogen) atoms. The summed E-state index contributed by atoms with van der Waals surface area (Å²) in [4.78, 5) is 4.30. The van der Waals surface area contributed by atoms with Gasteiger partial charge in [-0.1, -0.05) is 96.1 Å². The SMILES string of the molecule is Cc1ccc(-c2ccc3c(c2)c2ccccc2n3-c2cc(C#N)c(-c3ccncc3)cc2-n2c3ccccc3c3cc(-c4ccc(C)cc4C)ccc32)c(C)c1. The molecule has 4 nitrogen and oxygen atoms in total. The highest BCUT2D eigenvalue weighted by atomic mass is 15.1. The average Bonchev–Trinajstić information content (AvgIpc) is 3.73. The second-order valence-electron chi connectivity index (χ2n) is 15.0. The third-order valence-corrected chi connectivity index (χ3v) is 11.4. The van der Waals surface area contributed by atoms with Crippen molar-refractivity contribution in [1.82, 2.24) is 14.1 Å². The summed E-state index contributed by atoms with van der Waals surface area (Å²) < 4.78 is 4.75. The van der Waals surface area contributed by atoms with Crippen LogP contribution in [0.4, 0.5) is 0 Å². The van der Waals surface area contributed by atoms with Gasteiger partial charge < -0.3 is 9.13 Å². The van der Waals surface area contributed by atoms with Crippen molar-refractivity contribution in [2.45, 2.75) is 27.7 Å². The van der Waals surface area contributed by atoms with Crippen LogP contribution in [0.5, 0.6) is 0 Å². The molecule has 0 spiro atoms. The predicted octanol–water partition coefficient (Wildman–Crippen LogP) is 13.4. The number of nitriles is 1. The molecule has 0 aliphatic carbocycles. The van der Waals surface area contributed by atoms with Crippen LogP contribution >= 0.6 is 0 Å². The topological polar surface area (TPSA) is 46.5 Å². The fraction of sp³-hybridized carbons (Fsp3) is 0.0769. The maximum absolute atomic E-state index is 10.8. The summed E-state index contributed by atoms with van der Waals surface area (Å²) in [5.41, 5.74) is 18.6. The number of aromatic nitrogens is 3. The van der Waals surface area contributed by atoms with E-state index in [1.54, 1.807) is 12.4 Å². The van der Waals surface area contributed by atoms with E-state index in [1.165, 1.54) is 60.7 Å². The summed E-state index contributed by atoms with van der Waals surface area (Å²) >= 11 is 0. The Kier molecular flexibility index (Phi) is 7.73. The van der Waals surface area contributed by atoms with Gasteiger partial charge >= 0.3 is 0 Å². The highest BCUT2D eigenvalue weighted by molar-refractivity contribution is 6.13. The third-order valence-electron chi connectivity index (χ3n) is 11.4. The lowest BCUT2D eigenvalue weighted by Crippen LogP contribution is -2.05. The largest absolute Gasteiger partial charge is 0.307 e. The van der Waals surface area contributed by atoms with Gasteiger partial charge in [0, 0.05) is 39.5 Å². The number of benzene rings is 7. The summed E-state index contributed by atoms with van der Waals surface area (Å²) in [5, 5.41) is 15.5. The Morgan fingerprint density at radius 1 is 0.429 bits per heavy atom. The molecule has 0 radical (unpaired) electrons. The first-order valence-corrected chi connectivity index (χ1v) is 19.1. The molecule has 3 aromatic heterocycles. The monoisotopic (exact) mass is 718 g/mol. The Bertz CT molecular complexity index is 3240. The smallest absolute Gasteiger partial charge is 0.0998 e. The highest BCUT2D eigenvalue weighted by Gasteiger charge is 2.23. The van der Waals surface area contributed by atoms with E-state index in [9.17, 15) is 5.26 Å². The van der Waals surface area contributed by atoms with Crippen molar-refractivity contribution in [3.8, 4) is 50.8 Å². The standard InChI is InChI=1S/C52H38N4/c1-32-13-17-40(34(3)25-32)37-15-19-49-45(27-37)42-9-5-7-11-47(42)55(49)51-29-39(31-53)44(36-21-23-54-24-22-36)30-52(51)56-48-12-8-6-10-43(48)46-28-38(16-20-50(46)56)41-18-14-33(2)26-35(41)4/h5-30H,1-4H3. The van der Waals surface area contributed by atoms with Crippen LogP contribution < -0.4 is 0 Å². The normalized spacial score (nSPS) is 11.6. The van der Waals surface area contributed by atoms with Crippen molar-refractivity contribution in [3.63, 3.8) is 0 Å². The molecule has 4 heteroatoms. The second kappa shape index (κ2) is 13.0. The molecule has 0 amide bonds. The lowest BCUT2D eigenvalue weighted by Gasteiger charge is -2.19. The fourth-order valence-corrected chi connectivity index (χ4v) is 8.87. The summed E-state index contributed by atoms with van der Waals surface area (Å²) in [6, 6.07) is 55.1. The van der Waals surface area contributed by atoms with Gasteiger partial charge in [0.25, 0.3) is 0 Å². The van der Waals surface area contributed by atoms with Gasteiger partial charge in [0.15, 0.2) is 0 Å². The van der Waals surface area contributed by atoms with Crippen molar-refractivity contribution in [3.05, 3.63) is 186 Å². The molecular weight excluding hydrogens is 681 g/mol. The van der Waals surface area contributed by atoms with Crippen LogP contribution in [0.3, 0.4) is 0 Å². The van der Waals surface area contributed by atoms with E-state index in [-0.39, 0.29) is 0 Å². The molecule has 0 bridgehead atoms. The Morgan fingerprint density at radius 3 is 1.41 bits per heavy atom. The lowest BCUT2D eigenvalue weighted by molar-refractivity contribution is 1.09. The molecule has 0 fully saturated rings. The number of hydrogen-bond donors (Lipinski definition) is 0. The van der Waals surface area contributed by atoms with E-state index in [4.69, 9.17) is 0 Å². The van der Waals surface area contributed by atoms with E-state index >= 15 is 0 Å². The molecule has 266 valence electrons. The molecule has 0 aliphatic rings. The van der Waals surface area contributed by atoms with Crippen molar-refractivity contribution >= 4 is 43.6 Å². The number of nitrogens with zero attached hydrogens (tertiary/aromatic N) is 4. The Labute approximate surface area is 326 Å². The minimum Gasteiger partial charge on any atom is -0.307 e. The molecule has 0 N–H and O–H groups in total. The van der Waals surface area contributed by atoms with Crippen molar-refractivity contribution in [2.75, 3.05) is 0 Å². The molecule has 0 unspecified atom stereocenters. The molecule has 0 aliphatic heterocycles. The zero-order chi connectivity index (χ0) is 38.1. The second-order valence-corrected chi connectivity index (χ2v) is 15.0. The van der Waals surface area contributed by atoms with Crippen LogP contribution in [0.25, 0.3) is 88.4 Å². The van der Waals surface area contributed by atoms with E-state index in [0.717, 1.165) is 50.0 Å². The molecule has 0 atom stereocenters. The van der Waals surface area contributed by atoms with E-state index < -0.39 is 0 Å². The number of fused-ring (bicyclic) bond motifs is 6. The van der Waals surface area contributed by atoms with Crippen LogP contribution in [0, 0.1) is 39.0 Å². The predicted molar refractivity (Wildman–Crippen MR) is 233 cm³/mol. The zero-order valence-corrected chi connectivity index (χ0v) is 31.8. The maximum atomic E-state index is 10.8. The van der Waals surface area contributed by atoms with Gasteiger partial charge in [0.1, 0.15) is 0 Å². The Hall–Kier alpha value is -7.22. The number of pyridine rings is 1. The fourth-order valence-electron chi connectivity index (χ4n) is 8.87. The van der Waals surface area contributed by atoms with Crippen LogP contribution in [0.1, 0.15) is 27.8 Å². The number of hydrogen-bond acceptors (Lipinski definition) is 2. The van der Waals surface area contributed by atoms with Crippen molar-refractivity contribution in [2.24, 2.45) is 0 Å². The number of rotatable bonds is 5. The highest BCUT2D eigenvalue weighted by Crippen LogP contribution is 2.42. The van der Waals surface area contributed by atoms with Gasteiger partial charge in [-0.3, -0.25) is 4.98 Å². The first-order valence-electron chi connectivity index (χ1n) is 19.1. The van der Waals surface area contributed by atoms with Crippen LogP contribution in [-0.2, 0) is 0 Å². The lowest BCUT2D eigenvalue weighted by atomic mass is 9.97. The van der Waals surface area contributed by atoms with Crippen molar-refractivity contribution < 1.29 is 0 Å². The first-order chi connectivity index (χ1) is 27.4. The quantitative estimate of drug-likeness (QED) is 0.178. The molecule has 0 saturated heterocycles. The minimum absolute atomic E-state index is 0.602. The molecular formula is C52H38N4. The molecule has 7 aromatic carbocycles. The molecule has 0 saturated carbocycles. The summed E-state index contributed by atoms with van der Waals surface area (Å²) in [6.07, 6.45) is 3.58. The number of aryl methyl sites for hydroxylation is 4. The summed E-state index contributed by atoms with van der Waals surface area (Å²) in [5.74, 6) is 0. The Balaban J connectivity index is 1.31. The van der Waals surface area contributed by atoms with E-state index in [1.807, 2.05) is 12.1 Å². The molecule has 3 heterocycles. The third kappa shape index (κ3) is 5.24. The van der Waals surface area contributed by atoms with Crippen LogP contribution in [-0.4, -0.2) is 14.1 Å². The Morgan fingerprint density at radius 2 is 0.911 bits per heavy atom.